The van der Waals surface area contributed by atoms with Crippen molar-refractivity contribution in [2.75, 3.05) is 13.2 Å². The summed E-state index contributed by atoms with van der Waals surface area (Å²) in [5.41, 5.74) is 2.44. The van der Waals surface area contributed by atoms with Crippen LogP contribution in [-0.4, -0.2) is 29.2 Å². The van der Waals surface area contributed by atoms with E-state index in [0.717, 1.165) is 11.4 Å². The summed E-state index contributed by atoms with van der Waals surface area (Å²) in [7, 11) is 0. The molecule has 0 radical (unpaired) electrons. The van der Waals surface area contributed by atoms with Crippen molar-refractivity contribution in [1.82, 2.24) is 15.5 Å². The summed E-state index contributed by atoms with van der Waals surface area (Å²) in [5.74, 6) is 0.872. The summed E-state index contributed by atoms with van der Waals surface area (Å²) in [4.78, 5) is 17.1. The molecule has 0 fully saturated rings. The van der Waals surface area contributed by atoms with E-state index in [0.29, 0.717) is 41.9 Å². The van der Waals surface area contributed by atoms with Crippen molar-refractivity contribution in [3.05, 3.63) is 53.3 Å². The van der Waals surface area contributed by atoms with Crippen LogP contribution in [0, 0.1) is 6.92 Å². The Kier molecular flexibility index (Phi) is 5.51. The molecule has 0 atom stereocenters. The van der Waals surface area contributed by atoms with E-state index in [4.69, 9.17) is 9.26 Å². The first-order valence-corrected chi connectivity index (χ1v) is 8.79. The Bertz CT molecular complexity index is 888. The molecule has 1 N–H and O–H groups in total. The molecule has 3 aromatic rings. The lowest BCUT2D eigenvalue weighted by Crippen LogP contribution is -2.26. The molecule has 0 bridgehead atoms. The number of aryl methyl sites for hydroxylation is 1. The number of fused-ring (bicyclic) bond motifs is 1. The molecule has 1 amide bonds. The van der Waals surface area contributed by atoms with Crippen molar-refractivity contribution in [3.8, 4) is 5.75 Å². The number of benzene rings is 1. The van der Waals surface area contributed by atoms with Crippen LogP contribution >= 0.6 is 0 Å². The van der Waals surface area contributed by atoms with Crippen molar-refractivity contribution >= 4 is 17.0 Å². The molecule has 6 heteroatoms. The maximum absolute atomic E-state index is 12.7. The molecular formula is C20H23N3O3. The van der Waals surface area contributed by atoms with Crippen LogP contribution in [0.5, 0.6) is 5.75 Å². The fourth-order valence-corrected chi connectivity index (χ4v) is 2.66. The number of para-hydroxylation sites is 1. The van der Waals surface area contributed by atoms with Crippen LogP contribution in [0.15, 0.2) is 40.9 Å². The van der Waals surface area contributed by atoms with Crippen molar-refractivity contribution < 1.29 is 14.1 Å². The molecule has 0 unspecified atom stereocenters. The first kappa shape index (κ1) is 17.9. The van der Waals surface area contributed by atoms with Gasteiger partial charge in [-0.25, -0.2) is 4.98 Å². The van der Waals surface area contributed by atoms with Crippen LogP contribution in [-0.2, 0) is 0 Å². The molecule has 6 nitrogen and oxygen atoms in total. The number of ether oxygens (including phenoxy) is 1. The smallest absolute Gasteiger partial charge is 0.259 e. The molecule has 2 heterocycles. The number of nitrogens with zero attached hydrogens (tertiary/aromatic N) is 2. The lowest BCUT2D eigenvalue weighted by Gasteiger charge is -2.10. The highest BCUT2D eigenvalue weighted by Gasteiger charge is 2.19. The molecule has 0 aliphatic carbocycles. The van der Waals surface area contributed by atoms with Gasteiger partial charge in [-0.1, -0.05) is 37.2 Å². The van der Waals surface area contributed by atoms with Gasteiger partial charge in [0.2, 0.25) is 0 Å². The predicted octanol–water partition coefficient (Wildman–Crippen LogP) is 3.85. The lowest BCUT2D eigenvalue weighted by molar-refractivity contribution is 0.0953. The number of nitrogens with one attached hydrogen (secondary N) is 1. The van der Waals surface area contributed by atoms with Crippen molar-refractivity contribution in [3.63, 3.8) is 0 Å². The van der Waals surface area contributed by atoms with Gasteiger partial charge in [-0.3, -0.25) is 4.79 Å². The summed E-state index contributed by atoms with van der Waals surface area (Å²) in [5, 5.41) is 7.56. The van der Waals surface area contributed by atoms with E-state index in [1.54, 1.807) is 0 Å². The highest BCUT2D eigenvalue weighted by atomic mass is 16.5. The third kappa shape index (κ3) is 4.02. The number of hydrogen-bond acceptors (Lipinski definition) is 5. The molecular weight excluding hydrogens is 330 g/mol. The van der Waals surface area contributed by atoms with Crippen LogP contribution in [0.4, 0.5) is 0 Å². The lowest BCUT2D eigenvalue weighted by atomic mass is 10.0. The molecule has 0 aliphatic heterocycles. The van der Waals surface area contributed by atoms with Crippen molar-refractivity contribution in [1.29, 1.82) is 0 Å². The molecule has 0 saturated heterocycles. The summed E-state index contributed by atoms with van der Waals surface area (Å²) < 4.78 is 10.9. The highest BCUT2D eigenvalue weighted by Crippen LogP contribution is 2.25. The summed E-state index contributed by atoms with van der Waals surface area (Å²) in [6.07, 6.45) is 0.717. The maximum atomic E-state index is 12.7. The number of rotatable bonds is 7. The zero-order chi connectivity index (χ0) is 18.5. The predicted molar refractivity (Wildman–Crippen MR) is 99.5 cm³/mol. The number of pyridine rings is 1. The second kappa shape index (κ2) is 7.99. The monoisotopic (exact) mass is 353 g/mol. The largest absolute Gasteiger partial charge is 0.494 e. The Hall–Kier alpha value is -2.89. The molecule has 1 aromatic carbocycles. The van der Waals surface area contributed by atoms with Crippen molar-refractivity contribution in [2.45, 2.75) is 33.1 Å². The quantitative estimate of drug-likeness (QED) is 0.653. The van der Waals surface area contributed by atoms with Crippen LogP contribution in [0.25, 0.3) is 11.1 Å². The van der Waals surface area contributed by atoms with Gasteiger partial charge >= 0.3 is 0 Å². The van der Waals surface area contributed by atoms with Gasteiger partial charge in [0.05, 0.1) is 23.3 Å². The van der Waals surface area contributed by atoms with Gasteiger partial charge in [0, 0.05) is 12.2 Å². The second-order valence-corrected chi connectivity index (χ2v) is 6.47. The minimum absolute atomic E-state index is 0.148. The molecule has 2 aromatic heterocycles. The number of amides is 1. The number of hydrogen-bond donors (Lipinski definition) is 1. The Labute approximate surface area is 152 Å². The normalized spacial score (nSPS) is 11.1. The van der Waals surface area contributed by atoms with Gasteiger partial charge < -0.3 is 14.6 Å². The molecule has 0 aliphatic rings. The zero-order valence-electron chi connectivity index (χ0n) is 15.3. The highest BCUT2D eigenvalue weighted by molar-refractivity contribution is 6.06. The molecule has 26 heavy (non-hydrogen) atoms. The fraction of sp³-hybridized carbons (Fsp3) is 0.350. The molecule has 3 rings (SSSR count). The minimum atomic E-state index is -0.148. The van der Waals surface area contributed by atoms with E-state index >= 15 is 0 Å². The van der Waals surface area contributed by atoms with E-state index in [1.165, 1.54) is 0 Å². The topological polar surface area (TPSA) is 77.2 Å². The Morgan fingerprint density at radius 3 is 2.77 bits per heavy atom. The number of carbonyl (C=O) groups is 1. The summed E-state index contributed by atoms with van der Waals surface area (Å²) >= 11 is 0. The molecule has 136 valence electrons. The Morgan fingerprint density at radius 2 is 2.04 bits per heavy atom. The standard InChI is InChI=1S/C20H23N3O3/c1-13(2)17-12-16(18-14(3)23-26-20(18)22-17)19(24)21-10-7-11-25-15-8-5-4-6-9-15/h4-6,8-9,12-13H,7,10-11H2,1-3H3,(H,21,24). The molecule has 0 saturated carbocycles. The van der Waals surface area contributed by atoms with Crippen LogP contribution in [0.1, 0.15) is 47.9 Å². The van der Waals surface area contributed by atoms with E-state index in [1.807, 2.05) is 57.2 Å². The number of carbonyl (C=O) groups excluding carboxylic acids is 1. The third-order valence-corrected chi connectivity index (χ3v) is 4.09. The maximum Gasteiger partial charge on any atom is 0.259 e. The second-order valence-electron chi connectivity index (χ2n) is 6.47. The van der Waals surface area contributed by atoms with Gasteiger partial charge in [0.1, 0.15) is 5.75 Å². The van der Waals surface area contributed by atoms with Gasteiger partial charge in [-0.15, -0.1) is 0 Å². The van der Waals surface area contributed by atoms with E-state index in [9.17, 15) is 4.79 Å². The summed E-state index contributed by atoms with van der Waals surface area (Å²) in [6, 6.07) is 11.5. The molecule has 0 spiro atoms. The Morgan fingerprint density at radius 1 is 1.27 bits per heavy atom. The fourth-order valence-electron chi connectivity index (χ4n) is 2.66. The SMILES string of the molecule is Cc1noc2nc(C(C)C)cc(C(=O)NCCCOc3ccccc3)c12. The van der Waals surface area contributed by atoms with Crippen LogP contribution in [0.3, 0.4) is 0 Å². The first-order chi connectivity index (χ1) is 12.6. The summed E-state index contributed by atoms with van der Waals surface area (Å²) in [6.45, 7) is 6.93. The number of aromatic nitrogens is 2. The average molecular weight is 353 g/mol. The van der Waals surface area contributed by atoms with Crippen LogP contribution in [0.2, 0.25) is 0 Å². The third-order valence-electron chi connectivity index (χ3n) is 4.09. The average Bonchev–Trinajstić information content (AvgIpc) is 3.02. The van der Waals surface area contributed by atoms with Gasteiger partial charge in [-0.05, 0) is 37.5 Å². The Balaban J connectivity index is 1.63. The zero-order valence-corrected chi connectivity index (χ0v) is 15.3. The van der Waals surface area contributed by atoms with E-state index in [-0.39, 0.29) is 11.8 Å². The van der Waals surface area contributed by atoms with Gasteiger partial charge in [0.15, 0.2) is 0 Å². The van der Waals surface area contributed by atoms with E-state index in [2.05, 4.69) is 15.5 Å². The minimum Gasteiger partial charge on any atom is -0.494 e. The van der Waals surface area contributed by atoms with Gasteiger partial charge in [-0.2, -0.15) is 0 Å². The van der Waals surface area contributed by atoms with Crippen molar-refractivity contribution in [2.24, 2.45) is 0 Å². The first-order valence-electron chi connectivity index (χ1n) is 8.79. The van der Waals surface area contributed by atoms with E-state index < -0.39 is 0 Å². The van der Waals surface area contributed by atoms with Gasteiger partial charge in [0.25, 0.3) is 11.6 Å². The van der Waals surface area contributed by atoms with Crippen LogP contribution < -0.4 is 10.1 Å².